The Morgan fingerprint density at radius 2 is 1.65 bits per heavy atom. The minimum absolute atomic E-state index is 0.00833. The second kappa shape index (κ2) is 10.00. The van der Waals surface area contributed by atoms with Gasteiger partial charge in [0.05, 0.1) is 4.90 Å². The van der Waals surface area contributed by atoms with Gasteiger partial charge >= 0.3 is 0 Å². The summed E-state index contributed by atoms with van der Waals surface area (Å²) < 4.78 is 45.5. The second-order valence-electron chi connectivity index (χ2n) is 6.38. The van der Waals surface area contributed by atoms with Crippen molar-refractivity contribution in [1.29, 1.82) is 0 Å². The lowest BCUT2D eigenvalue weighted by molar-refractivity contribution is -0.123. The Balaban J connectivity index is 1.52. The van der Waals surface area contributed by atoms with Gasteiger partial charge in [-0.15, -0.1) is 0 Å². The van der Waals surface area contributed by atoms with Crippen molar-refractivity contribution in [1.82, 2.24) is 5.32 Å². The van der Waals surface area contributed by atoms with Crippen LogP contribution in [0.4, 0.5) is 10.1 Å². The zero-order chi connectivity index (χ0) is 22.4. The average Bonchev–Trinajstić information content (AvgIpc) is 2.73. The van der Waals surface area contributed by atoms with Crippen molar-refractivity contribution < 1.29 is 22.3 Å². The third-order valence-corrected chi connectivity index (χ3v) is 6.08. The number of hydrogen-bond acceptors (Lipinski definition) is 4. The normalized spacial score (nSPS) is 11.1. The van der Waals surface area contributed by atoms with E-state index in [2.05, 4.69) is 10.0 Å². The van der Waals surface area contributed by atoms with E-state index in [0.717, 1.165) is 12.1 Å². The van der Waals surface area contributed by atoms with Gasteiger partial charge in [0.1, 0.15) is 11.6 Å². The first-order valence-corrected chi connectivity index (χ1v) is 11.2. The van der Waals surface area contributed by atoms with Crippen LogP contribution < -0.4 is 14.8 Å². The van der Waals surface area contributed by atoms with Gasteiger partial charge in [-0.25, -0.2) is 12.8 Å². The molecule has 3 rings (SSSR count). The van der Waals surface area contributed by atoms with Gasteiger partial charge in [0, 0.05) is 22.3 Å². The van der Waals surface area contributed by atoms with Crippen molar-refractivity contribution in [2.24, 2.45) is 0 Å². The Bertz CT molecular complexity index is 1170. The minimum atomic E-state index is -3.85. The van der Waals surface area contributed by atoms with Gasteiger partial charge in [0.2, 0.25) is 0 Å². The van der Waals surface area contributed by atoms with Crippen LogP contribution in [0.2, 0.25) is 10.0 Å². The van der Waals surface area contributed by atoms with E-state index in [1.165, 1.54) is 36.4 Å². The van der Waals surface area contributed by atoms with E-state index in [-0.39, 0.29) is 29.6 Å². The highest BCUT2D eigenvalue weighted by atomic mass is 35.5. The highest BCUT2D eigenvalue weighted by molar-refractivity contribution is 7.92. The Morgan fingerprint density at radius 1 is 0.968 bits per heavy atom. The predicted octanol–water partition coefficient (Wildman–Crippen LogP) is 4.63. The Morgan fingerprint density at radius 3 is 2.29 bits per heavy atom. The molecule has 0 aliphatic rings. The molecule has 1 amide bonds. The number of nitrogens with one attached hydrogen (secondary N) is 2. The Kier molecular flexibility index (Phi) is 7.37. The van der Waals surface area contributed by atoms with Crippen molar-refractivity contribution in [3.8, 4) is 5.75 Å². The highest BCUT2D eigenvalue weighted by Gasteiger charge is 2.14. The van der Waals surface area contributed by atoms with Crippen LogP contribution in [0.5, 0.6) is 5.75 Å². The quantitative estimate of drug-likeness (QED) is 0.490. The number of anilines is 1. The topological polar surface area (TPSA) is 84.5 Å². The molecule has 0 spiro atoms. The summed E-state index contributed by atoms with van der Waals surface area (Å²) >= 11 is 11.9. The molecule has 0 aliphatic heterocycles. The first-order chi connectivity index (χ1) is 14.7. The van der Waals surface area contributed by atoms with E-state index < -0.39 is 15.8 Å². The summed E-state index contributed by atoms with van der Waals surface area (Å²) in [4.78, 5) is 12.0. The van der Waals surface area contributed by atoms with Crippen molar-refractivity contribution in [3.63, 3.8) is 0 Å². The van der Waals surface area contributed by atoms with Crippen molar-refractivity contribution in [2.75, 3.05) is 11.3 Å². The molecule has 6 nitrogen and oxygen atoms in total. The van der Waals surface area contributed by atoms with Crippen LogP contribution in [0.25, 0.3) is 0 Å². The van der Waals surface area contributed by atoms with Gasteiger partial charge in [-0.1, -0.05) is 29.3 Å². The van der Waals surface area contributed by atoms with Gasteiger partial charge in [-0.2, -0.15) is 0 Å². The summed E-state index contributed by atoms with van der Waals surface area (Å²) in [5.41, 5.74) is 0.946. The van der Waals surface area contributed by atoms with Crippen LogP contribution in [0.15, 0.2) is 71.6 Å². The molecule has 2 N–H and O–H groups in total. The van der Waals surface area contributed by atoms with Crippen LogP contribution in [0, 0.1) is 5.82 Å². The summed E-state index contributed by atoms with van der Waals surface area (Å²) in [5, 5.41) is 3.62. The number of amides is 1. The molecule has 0 aliphatic carbocycles. The minimum Gasteiger partial charge on any atom is -0.484 e. The van der Waals surface area contributed by atoms with E-state index in [4.69, 9.17) is 27.9 Å². The standard InChI is InChI=1S/C21H17Cl2FN2O4S/c22-15-2-1-14(20(23)11-15)12-25-21(27)13-30-18-7-9-19(10-8-18)31(28,29)26-17-5-3-16(24)4-6-17/h1-11,26H,12-13H2,(H,25,27). The molecule has 0 bridgehead atoms. The van der Waals surface area contributed by atoms with Crippen LogP contribution in [-0.4, -0.2) is 20.9 Å². The van der Waals surface area contributed by atoms with Crippen molar-refractivity contribution in [3.05, 3.63) is 88.2 Å². The number of hydrogen-bond donors (Lipinski definition) is 2. The largest absolute Gasteiger partial charge is 0.484 e. The molecule has 0 unspecified atom stereocenters. The first kappa shape index (κ1) is 22.9. The van der Waals surface area contributed by atoms with E-state index >= 15 is 0 Å². The zero-order valence-electron chi connectivity index (χ0n) is 15.9. The van der Waals surface area contributed by atoms with Gasteiger partial charge in [0.25, 0.3) is 15.9 Å². The zero-order valence-corrected chi connectivity index (χ0v) is 18.3. The number of rotatable bonds is 8. The molecule has 10 heteroatoms. The lowest BCUT2D eigenvalue weighted by Gasteiger charge is -2.10. The Labute approximate surface area is 189 Å². The van der Waals surface area contributed by atoms with E-state index in [9.17, 15) is 17.6 Å². The smallest absolute Gasteiger partial charge is 0.261 e. The van der Waals surface area contributed by atoms with Crippen molar-refractivity contribution >= 4 is 44.8 Å². The molecule has 31 heavy (non-hydrogen) atoms. The molecule has 0 radical (unpaired) electrons. The molecule has 0 saturated heterocycles. The number of sulfonamides is 1. The third-order valence-electron chi connectivity index (χ3n) is 4.09. The lowest BCUT2D eigenvalue weighted by Crippen LogP contribution is -2.28. The maximum absolute atomic E-state index is 13.0. The fourth-order valence-corrected chi connectivity index (χ4v) is 4.04. The molecular formula is C21H17Cl2FN2O4S. The monoisotopic (exact) mass is 482 g/mol. The molecule has 0 heterocycles. The summed E-state index contributed by atoms with van der Waals surface area (Å²) in [6.07, 6.45) is 0. The number of benzene rings is 3. The number of carbonyl (C=O) groups is 1. The number of halogens is 3. The predicted molar refractivity (Wildman–Crippen MR) is 117 cm³/mol. The fraction of sp³-hybridized carbons (Fsp3) is 0.0952. The Hall–Kier alpha value is -2.81. The molecule has 0 fully saturated rings. The SMILES string of the molecule is O=C(COc1ccc(S(=O)(=O)Nc2ccc(F)cc2)cc1)NCc1ccc(Cl)cc1Cl. The maximum Gasteiger partial charge on any atom is 0.261 e. The third kappa shape index (κ3) is 6.58. The molecule has 3 aromatic rings. The fourth-order valence-electron chi connectivity index (χ4n) is 2.51. The molecular weight excluding hydrogens is 466 g/mol. The first-order valence-electron chi connectivity index (χ1n) is 8.95. The lowest BCUT2D eigenvalue weighted by atomic mass is 10.2. The van der Waals surface area contributed by atoms with Crippen LogP contribution >= 0.6 is 23.2 Å². The second-order valence-corrected chi connectivity index (χ2v) is 8.91. The average molecular weight is 483 g/mol. The van der Waals surface area contributed by atoms with Gasteiger partial charge in [0.15, 0.2) is 6.61 Å². The van der Waals surface area contributed by atoms with Gasteiger partial charge in [-0.05, 0) is 66.2 Å². The summed E-state index contributed by atoms with van der Waals surface area (Å²) in [6.45, 7) is -0.0461. The molecule has 0 aromatic heterocycles. The summed E-state index contributed by atoms with van der Waals surface area (Å²) in [6, 6.07) is 15.5. The highest BCUT2D eigenvalue weighted by Crippen LogP contribution is 2.21. The van der Waals surface area contributed by atoms with Crippen LogP contribution in [0.1, 0.15) is 5.56 Å². The molecule has 162 valence electrons. The molecule has 0 saturated carbocycles. The van der Waals surface area contributed by atoms with Gasteiger partial charge in [-0.3, -0.25) is 9.52 Å². The summed E-state index contributed by atoms with van der Waals surface area (Å²) in [7, 11) is -3.85. The number of carbonyl (C=O) groups excluding carboxylic acids is 1. The molecule has 3 aromatic carbocycles. The van der Waals surface area contributed by atoms with E-state index in [1.54, 1.807) is 18.2 Å². The van der Waals surface area contributed by atoms with E-state index in [1.807, 2.05) is 0 Å². The van der Waals surface area contributed by atoms with Gasteiger partial charge < -0.3 is 10.1 Å². The number of ether oxygens (including phenoxy) is 1. The maximum atomic E-state index is 13.0. The molecule has 0 atom stereocenters. The van der Waals surface area contributed by atoms with Crippen molar-refractivity contribution in [2.45, 2.75) is 11.4 Å². The van der Waals surface area contributed by atoms with Crippen LogP contribution in [0.3, 0.4) is 0 Å². The van der Waals surface area contributed by atoms with Crippen LogP contribution in [-0.2, 0) is 21.4 Å². The van der Waals surface area contributed by atoms with E-state index in [0.29, 0.717) is 21.4 Å². The summed E-state index contributed by atoms with van der Waals surface area (Å²) in [5.74, 6) is -0.522.